The Morgan fingerprint density at radius 2 is 1.71 bits per heavy atom. The number of nitrogens with one attached hydrogen (secondary N) is 2. The lowest BCUT2D eigenvalue weighted by molar-refractivity contribution is -0.137. The van der Waals surface area contributed by atoms with Crippen molar-refractivity contribution in [2.75, 3.05) is 30.4 Å². The van der Waals surface area contributed by atoms with Crippen molar-refractivity contribution in [1.29, 1.82) is 0 Å². The van der Waals surface area contributed by atoms with E-state index in [4.69, 9.17) is 0 Å². The minimum Gasteiger partial charge on any atom is -0.375 e. The number of hydrogen-bond acceptors (Lipinski definition) is 3. The summed E-state index contributed by atoms with van der Waals surface area (Å²) in [5, 5.41) is 5.61. The summed E-state index contributed by atoms with van der Waals surface area (Å²) in [6.45, 7) is 3.41. The van der Waals surface area contributed by atoms with E-state index in [0.717, 1.165) is 24.7 Å². The lowest BCUT2D eigenvalue weighted by Gasteiger charge is -2.20. The van der Waals surface area contributed by atoms with Crippen molar-refractivity contribution in [3.8, 4) is 0 Å². The molecule has 0 fully saturated rings. The first-order valence-electron chi connectivity index (χ1n) is 9.23. The zero-order chi connectivity index (χ0) is 20.6. The molecule has 0 aliphatic carbocycles. The van der Waals surface area contributed by atoms with Crippen LogP contribution in [0.25, 0.3) is 0 Å². The number of halogens is 3. The molecule has 1 unspecified atom stereocenters. The van der Waals surface area contributed by atoms with Gasteiger partial charge in [-0.3, -0.25) is 4.79 Å². The molecule has 0 bridgehead atoms. The lowest BCUT2D eigenvalue weighted by atomic mass is 10.1. The van der Waals surface area contributed by atoms with Crippen molar-refractivity contribution >= 4 is 17.3 Å². The van der Waals surface area contributed by atoms with Crippen molar-refractivity contribution in [3.05, 3.63) is 60.2 Å². The molecule has 7 heteroatoms. The highest BCUT2D eigenvalue weighted by Gasteiger charge is 2.33. The lowest BCUT2D eigenvalue weighted by Crippen LogP contribution is -2.33. The quantitative estimate of drug-likeness (QED) is 0.615. The van der Waals surface area contributed by atoms with Gasteiger partial charge in [-0.2, -0.15) is 13.2 Å². The van der Waals surface area contributed by atoms with Gasteiger partial charge in [0.1, 0.15) is 0 Å². The molecular formula is C21H26F3N3O. The van der Waals surface area contributed by atoms with Crippen molar-refractivity contribution in [2.24, 2.45) is 0 Å². The van der Waals surface area contributed by atoms with Crippen molar-refractivity contribution < 1.29 is 18.0 Å². The Labute approximate surface area is 163 Å². The van der Waals surface area contributed by atoms with Crippen LogP contribution in [0.15, 0.2) is 54.6 Å². The average molecular weight is 393 g/mol. The fraction of sp³-hybridized carbons (Fsp3) is 0.381. The molecule has 0 radical (unpaired) electrons. The Hall–Kier alpha value is -2.54. The summed E-state index contributed by atoms with van der Waals surface area (Å²) in [5.74, 6) is -0.446. The molecule has 0 saturated carbocycles. The van der Waals surface area contributed by atoms with Crippen LogP contribution in [-0.4, -0.2) is 32.1 Å². The summed E-state index contributed by atoms with van der Waals surface area (Å²) in [4.78, 5) is 14.2. The largest absolute Gasteiger partial charge is 0.418 e. The number of benzene rings is 2. The molecule has 0 aliphatic heterocycles. The second-order valence-electron chi connectivity index (χ2n) is 6.76. The molecule has 2 rings (SSSR count). The van der Waals surface area contributed by atoms with Crippen LogP contribution in [0.4, 0.5) is 24.5 Å². The highest BCUT2D eigenvalue weighted by Crippen LogP contribution is 2.34. The van der Waals surface area contributed by atoms with E-state index < -0.39 is 17.6 Å². The van der Waals surface area contributed by atoms with Crippen LogP contribution in [0.3, 0.4) is 0 Å². The molecule has 4 nitrogen and oxygen atoms in total. The standard InChI is InChI=1S/C21H26F3N3O/c1-16(25-13-8-14-27(2)17-9-4-3-5-10-17)15-20(28)26-19-12-7-6-11-18(19)21(22,23)24/h3-7,9-12,16,25H,8,13-15H2,1-2H3,(H,26,28). The Balaban J connectivity index is 1.73. The molecule has 1 amide bonds. The molecule has 0 aliphatic rings. The van der Waals surface area contributed by atoms with Crippen molar-refractivity contribution in [1.82, 2.24) is 5.32 Å². The van der Waals surface area contributed by atoms with Crippen molar-refractivity contribution in [2.45, 2.75) is 32.0 Å². The van der Waals surface area contributed by atoms with E-state index in [1.54, 1.807) is 0 Å². The summed E-state index contributed by atoms with van der Waals surface area (Å²) in [5.41, 5.74) is 0.0860. The topological polar surface area (TPSA) is 44.4 Å². The van der Waals surface area contributed by atoms with Gasteiger partial charge in [-0.15, -0.1) is 0 Å². The SMILES string of the molecule is CC(CC(=O)Nc1ccccc1C(F)(F)F)NCCCN(C)c1ccccc1. The summed E-state index contributed by atoms with van der Waals surface area (Å²) in [6.07, 6.45) is -3.52. The number of hydrogen-bond donors (Lipinski definition) is 2. The van der Waals surface area contributed by atoms with Gasteiger partial charge < -0.3 is 15.5 Å². The Morgan fingerprint density at radius 3 is 2.39 bits per heavy atom. The number of rotatable bonds is 9. The van der Waals surface area contributed by atoms with Gasteiger partial charge in [-0.1, -0.05) is 30.3 Å². The molecule has 28 heavy (non-hydrogen) atoms. The van der Waals surface area contributed by atoms with E-state index in [-0.39, 0.29) is 18.2 Å². The van der Waals surface area contributed by atoms with Crippen LogP contribution in [0.1, 0.15) is 25.3 Å². The van der Waals surface area contributed by atoms with E-state index in [2.05, 4.69) is 15.5 Å². The molecule has 2 aromatic carbocycles. The van der Waals surface area contributed by atoms with Crippen molar-refractivity contribution in [3.63, 3.8) is 0 Å². The maximum Gasteiger partial charge on any atom is 0.418 e. The molecular weight excluding hydrogens is 367 g/mol. The summed E-state index contributed by atoms with van der Waals surface area (Å²) < 4.78 is 39.0. The Morgan fingerprint density at radius 1 is 1.07 bits per heavy atom. The number of alkyl halides is 3. The Kier molecular flexibility index (Phi) is 7.87. The third kappa shape index (κ3) is 6.88. The normalized spacial score (nSPS) is 12.5. The van der Waals surface area contributed by atoms with Gasteiger partial charge >= 0.3 is 6.18 Å². The van der Waals surface area contributed by atoms with Gasteiger partial charge in [0.25, 0.3) is 0 Å². The third-order valence-corrected chi connectivity index (χ3v) is 4.36. The third-order valence-electron chi connectivity index (χ3n) is 4.36. The first kappa shape index (κ1) is 21.8. The number of anilines is 2. The van der Waals surface area contributed by atoms with Crippen LogP contribution in [0.5, 0.6) is 0 Å². The van der Waals surface area contributed by atoms with E-state index in [1.165, 1.54) is 18.2 Å². The van der Waals surface area contributed by atoms with E-state index in [0.29, 0.717) is 6.54 Å². The zero-order valence-electron chi connectivity index (χ0n) is 16.1. The number of carbonyl (C=O) groups is 1. The molecule has 2 aromatic rings. The molecule has 0 spiro atoms. The first-order valence-corrected chi connectivity index (χ1v) is 9.23. The number of nitrogens with zero attached hydrogens (tertiary/aromatic N) is 1. The van der Waals surface area contributed by atoms with Gasteiger partial charge in [-0.25, -0.2) is 0 Å². The van der Waals surface area contributed by atoms with Crippen LogP contribution < -0.4 is 15.5 Å². The van der Waals surface area contributed by atoms with Crippen LogP contribution in [0.2, 0.25) is 0 Å². The number of amides is 1. The monoisotopic (exact) mass is 393 g/mol. The fourth-order valence-corrected chi connectivity index (χ4v) is 2.87. The van der Waals surface area contributed by atoms with Gasteiger partial charge in [-0.05, 0) is 44.2 Å². The number of carbonyl (C=O) groups excluding carboxylic acids is 1. The maximum absolute atomic E-state index is 13.0. The Bertz CT molecular complexity index is 750. The molecule has 0 heterocycles. The molecule has 0 aromatic heterocycles. The maximum atomic E-state index is 13.0. The highest BCUT2D eigenvalue weighted by molar-refractivity contribution is 5.92. The fourth-order valence-electron chi connectivity index (χ4n) is 2.87. The van der Waals surface area contributed by atoms with E-state index in [9.17, 15) is 18.0 Å². The summed E-state index contributed by atoms with van der Waals surface area (Å²) in [6, 6.07) is 14.9. The van der Waals surface area contributed by atoms with Gasteiger partial charge in [0.2, 0.25) is 5.91 Å². The van der Waals surface area contributed by atoms with E-state index >= 15 is 0 Å². The molecule has 1 atom stereocenters. The van der Waals surface area contributed by atoms with Gasteiger partial charge in [0.15, 0.2) is 0 Å². The van der Waals surface area contributed by atoms with Gasteiger partial charge in [0, 0.05) is 31.7 Å². The smallest absolute Gasteiger partial charge is 0.375 e. The average Bonchev–Trinajstić information content (AvgIpc) is 2.65. The predicted molar refractivity (Wildman–Crippen MR) is 106 cm³/mol. The van der Waals surface area contributed by atoms with Crippen LogP contribution in [0, 0.1) is 0 Å². The van der Waals surface area contributed by atoms with Gasteiger partial charge in [0.05, 0.1) is 11.3 Å². The summed E-state index contributed by atoms with van der Waals surface area (Å²) in [7, 11) is 2.02. The van der Waals surface area contributed by atoms with Crippen LogP contribution in [-0.2, 0) is 11.0 Å². The first-order chi connectivity index (χ1) is 13.3. The summed E-state index contributed by atoms with van der Waals surface area (Å²) >= 11 is 0. The minimum atomic E-state index is -4.50. The molecule has 152 valence electrons. The highest BCUT2D eigenvalue weighted by atomic mass is 19.4. The van der Waals surface area contributed by atoms with E-state index in [1.807, 2.05) is 44.3 Å². The molecule has 2 N–H and O–H groups in total. The zero-order valence-corrected chi connectivity index (χ0v) is 16.1. The minimum absolute atomic E-state index is 0.0979. The number of para-hydroxylation sites is 2. The second kappa shape index (κ2) is 10.1. The predicted octanol–water partition coefficient (Wildman–Crippen LogP) is 4.54. The molecule has 0 saturated heterocycles. The van der Waals surface area contributed by atoms with Crippen LogP contribution >= 0.6 is 0 Å². The second-order valence-corrected chi connectivity index (χ2v) is 6.76.